The lowest BCUT2D eigenvalue weighted by Gasteiger charge is -2.27. The lowest BCUT2D eigenvalue weighted by molar-refractivity contribution is -0.170. The number of hydrogen-bond acceptors (Lipinski definition) is 3. The topological polar surface area (TPSA) is 30.5 Å². The molecule has 11 heavy (non-hydrogen) atoms. The molecule has 2 rings (SSSR count). The third-order valence-corrected chi connectivity index (χ3v) is 2.65. The van der Waals surface area contributed by atoms with Crippen molar-refractivity contribution in [3.63, 3.8) is 0 Å². The second kappa shape index (κ2) is 2.73. The maximum absolute atomic E-state index is 5.62. The molecule has 2 fully saturated rings. The Morgan fingerprint density at radius 1 is 1.45 bits per heavy atom. The number of hydrogen-bond donors (Lipinski definition) is 1. The fourth-order valence-electron chi connectivity index (χ4n) is 1.98. The molecule has 0 unspecified atom stereocenters. The van der Waals surface area contributed by atoms with Crippen molar-refractivity contribution in [2.75, 3.05) is 26.3 Å². The predicted octanol–water partition coefficient (Wildman–Crippen LogP) is 0.359. The minimum absolute atomic E-state index is 0.255. The molecule has 1 spiro atoms. The van der Waals surface area contributed by atoms with Crippen LogP contribution in [0.1, 0.15) is 13.3 Å². The van der Waals surface area contributed by atoms with Crippen LogP contribution in [0.5, 0.6) is 0 Å². The number of nitrogens with one attached hydrogen (secondary N) is 1. The van der Waals surface area contributed by atoms with E-state index in [4.69, 9.17) is 9.47 Å². The summed E-state index contributed by atoms with van der Waals surface area (Å²) in [5, 5.41) is 3.31. The summed E-state index contributed by atoms with van der Waals surface area (Å²) in [4.78, 5) is 0. The zero-order chi connectivity index (χ0) is 7.73. The lowest BCUT2D eigenvalue weighted by atomic mass is 10.00. The van der Waals surface area contributed by atoms with Crippen molar-refractivity contribution in [1.29, 1.82) is 0 Å². The summed E-state index contributed by atoms with van der Waals surface area (Å²) in [6, 6.07) is 0. The molecule has 0 aromatic heterocycles. The van der Waals surface area contributed by atoms with Crippen LogP contribution in [0.2, 0.25) is 0 Å². The van der Waals surface area contributed by atoms with Crippen LogP contribution >= 0.6 is 0 Å². The van der Waals surface area contributed by atoms with E-state index in [1.54, 1.807) is 0 Å². The van der Waals surface area contributed by atoms with Gasteiger partial charge < -0.3 is 14.8 Å². The quantitative estimate of drug-likeness (QED) is 0.596. The molecule has 3 nitrogen and oxygen atoms in total. The maximum atomic E-state index is 5.62. The van der Waals surface area contributed by atoms with Gasteiger partial charge in [0.2, 0.25) is 0 Å². The van der Waals surface area contributed by atoms with E-state index in [1.807, 2.05) is 0 Å². The summed E-state index contributed by atoms with van der Waals surface area (Å²) in [5.74, 6) is 0.291. The standard InChI is InChI=1S/C8H15NO2/c1-2-7-5-9-6-8(7)10-3-4-11-8/h7,9H,2-6H2,1H3/t7-/m0/s1. The normalized spacial score (nSPS) is 35.2. The van der Waals surface area contributed by atoms with Crippen LogP contribution in [0.15, 0.2) is 0 Å². The number of rotatable bonds is 1. The Kier molecular flexibility index (Phi) is 1.87. The summed E-state index contributed by atoms with van der Waals surface area (Å²) in [6.07, 6.45) is 1.13. The fraction of sp³-hybridized carbons (Fsp3) is 1.00. The van der Waals surface area contributed by atoms with Crippen LogP contribution in [0.4, 0.5) is 0 Å². The molecule has 2 saturated heterocycles. The predicted molar refractivity (Wildman–Crippen MR) is 41.3 cm³/mol. The molecule has 0 aromatic rings. The van der Waals surface area contributed by atoms with Crippen molar-refractivity contribution < 1.29 is 9.47 Å². The largest absolute Gasteiger partial charge is 0.346 e. The Bertz CT molecular complexity index is 138. The molecule has 3 heteroatoms. The molecule has 0 aromatic carbocycles. The molecule has 0 saturated carbocycles. The first-order valence-electron chi connectivity index (χ1n) is 4.36. The van der Waals surface area contributed by atoms with Gasteiger partial charge >= 0.3 is 0 Å². The van der Waals surface area contributed by atoms with Crippen LogP contribution < -0.4 is 5.32 Å². The summed E-state index contributed by atoms with van der Waals surface area (Å²) in [5.41, 5.74) is 0. The van der Waals surface area contributed by atoms with Crippen LogP contribution in [0, 0.1) is 5.92 Å². The molecule has 64 valence electrons. The average molecular weight is 157 g/mol. The highest BCUT2D eigenvalue weighted by Crippen LogP contribution is 2.33. The van der Waals surface area contributed by atoms with Crippen molar-refractivity contribution in [1.82, 2.24) is 5.32 Å². The molecule has 1 N–H and O–H groups in total. The van der Waals surface area contributed by atoms with E-state index in [-0.39, 0.29) is 5.79 Å². The first-order valence-corrected chi connectivity index (χ1v) is 4.36. The first-order chi connectivity index (χ1) is 5.37. The highest BCUT2D eigenvalue weighted by atomic mass is 16.7. The van der Waals surface area contributed by atoms with Gasteiger partial charge in [0.25, 0.3) is 0 Å². The van der Waals surface area contributed by atoms with Gasteiger partial charge in [-0.15, -0.1) is 0 Å². The van der Waals surface area contributed by atoms with Crippen LogP contribution in [0.25, 0.3) is 0 Å². The molecule has 0 radical (unpaired) electrons. The SMILES string of the molecule is CC[C@H]1CNCC12OCCO2. The molecule has 2 aliphatic heterocycles. The van der Waals surface area contributed by atoms with Crippen molar-refractivity contribution >= 4 is 0 Å². The molecule has 0 aliphatic carbocycles. The van der Waals surface area contributed by atoms with E-state index in [0.717, 1.165) is 32.7 Å². The molecular formula is C8H15NO2. The third-order valence-electron chi connectivity index (χ3n) is 2.65. The Morgan fingerprint density at radius 2 is 2.18 bits per heavy atom. The molecule has 2 heterocycles. The molecule has 0 amide bonds. The van der Waals surface area contributed by atoms with Gasteiger partial charge in [-0.2, -0.15) is 0 Å². The smallest absolute Gasteiger partial charge is 0.184 e. The summed E-state index contributed by atoms with van der Waals surface area (Å²) < 4.78 is 11.2. The molecule has 1 atom stereocenters. The fourth-order valence-corrected chi connectivity index (χ4v) is 1.98. The zero-order valence-electron chi connectivity index (χ0n) is 6.93. The second-order valence-electron chi connectivity index (χ2n) is 3.24. The van der Waals surface area contributed by atoms with Crippen LogP contribution in [-0.4, -0.2) is 32.1 Å². The van der Waals surface area contributed by atoms with Gasteiger partial charge in [0.1, 0.15) is 0 Å². The summed E-state index contributed by atoms with van der Waals surface area (Å²) >= 11 is 0. The minimum Gasteiger partial charge on any atom is -0.346 e. The van der Waals surface area contributed by atoms with E-state index in [0.29, 0.717) is 5.92 Å². The van der Waals surface area contributed by atoms with E-state index >= 15 is 0 Å². The summed E-state index contributed by atoms with van der Waals surface area (Å²) in [6.45, 7) is 5.61. The van der Waals surface area contributed by atoms with Gasteiger partial charge in [-0.3, -0.25) is 0 Å². The minimum atomic E-state index is -0.255. The van der Waals surface area contributed by atoms with Crippen molar-refractivity contribution in [2.24, 2.45) is 5.92 Å². The maximum Gasteiger partial charge on any atom is 0.184 e. The Balaban J connectivity index is 2.09. The van der Waals surface area contributed by atoms with Crippen molar-refractivity contribution in [2.45, 2.75) is 19.1 Å². The Morgan fingerprint density at radius 3 is 2.82 bits per heavy atom. The molecular weight excluding hydrogens is 142 g/mol. The lowest BCUT2D eigenvalue weighted by Crippen LogP contribution is -2.38. The highest BCUT2D eigenvalue weighted by Gasteiger charge is 2.46. The van der Waals surface area contributed by atoms with Crippen molar-refractivity contribution in [3.8, 4) is 0 Å². The first kappa shape index (κ1) is 7.53. The van der Waals surface area contributed by atoms with Crippen molar-refractivity contribution in [3.05, 3.63) is 0 Å². The monoisotopic (exact) mass is 157 g/mol. The molecule has 2 aliphatic rings. The highest BCUT2D eigenvalue weighted by molar-refractivity contribution is 4.91. The number of ether oxygens (including phenoxy) is 2. The Labute approximate surface area is 67.1 Å². The van der Waals surface area contributed by atoms with Gasteiger partial charge in [-0.1, -0.05) is 6.92 Å². The third kappa shape index (κ3) is 1.08. The van der Waals surface area contributed by atoms with E-state index in [9.17, 15) is 0 Å². The average Bonchev–Trinajstić information content (AvgIpc) is 2.62. The van der Waals surface area contributed by atoms with E-state index in [1.165, 1.54) is 0 Å². The van der Waals surface area contributed by atoms with Gasteiger partial charge in [-0.05, 0) is 6.42 Å². The summed E-state index contributed by atoms with van der Waals surface area (Å²) in [7, 11) is 0. The van der Waals surface area contributed by atoms with E-state index < -0.39 is 0 Å². The van der Waals surface area contributed by atoms with Gasteiger partial charge in [0.15, 0.2) is 5.79 Å². The van der Waals surface area contributed by atoms with Gasteiger partial charge in [0.05, 0.1) is 19.8 Å². The second-order valence-corrected chi connectivity index (χ2v) is 3.24. The Hall–Kier alpha value is -0.120. The van der Waals surface area contributed by atoms with Gasteiger partial charge in [0, 0.05) is 12.5 Å². The van der Waals surface area contributed by atoms with Crippen LogP contribution in [0.3, 0.4) is 0 Å². The van der Waals surface area contributed by atoms with Gasteiger partial charge in [-0.25, -0.2) is 0 Å². The van der Waals surface area contributed by atoms with E-state index in [2.05, 4.69) is 12.2 Å². The zero-order valence-corrected chi connectivity index (χ0v) is 6.93. The van der Waals surface area contributed by atoms with Crippen LogP contribution in [-0.2, 0) is 9.47 Å². The molecule has 0 bridgehead atoms.